The van der Waals surface area contributed by atoms with Crippen molar-refractivity contribution in [1.82, 2.24) is 0 Å². The number of hydrogen-bond acceptors (Lipinski definition) is 2. The molecule has 2 heteroatoms. The standard InChI is InChI=1S/C10H21NO/c1-4-5-6-7-12-10(8-11)9(2)3/h4,9-10H,1,5-8,11H2,2-3H3. The molecule has 0 aromatic rings. The minimum absolute atomic E-state index is 0.217. The van der Waals surface area contributed by atoms with Crippen molar-refractivity contribution in [3.8, 4) is 0 Å². The first kappa shape index (κ1) is 11.7. The highest BCUT2D eigenvalue weighted by Gasteiger charge is 2.10. The summed E-state index contributed by atoms with van der Waals surface area (Å²) in [5.74, 6) is 0.513. The number of unbranched alkanes of at least 4 members (excludes halogenated alkanes) is 1. The maximum Gasteiger partial charge on any atom is 0.0720 e. The van der Waals surface area contributed by atoms with E-state index in [1.165, 1.54) is 0 Å². The Bertz CT molecular complexity index is 112. The first-order chi connectivity index (χ1) is 5.72. The van der Waals surface area contributed by atoms with E-state index in [1.54, 1.807) is 0 Å². The average Bonchev–Trinajstić information content (AvgIpc) is 2.04. The van der Waals surface area contributed by atoms with E-state index in [1.807, 2.05) is 6.08 Å². The Kier molecular flexibility index (Phi) is 7.11. The highest BCUT2D eigenvalue weighted by Crippen LogP contribution is 2.05. The molecule has 0 fully saturated rings. The fraction of sp³-hybridized carbons (Fsp3) is 0.800. The summed E-state index contributed by atoms with van der Waals surface area (Å²) in [5, 5.41) is 0. The summed E-state index contributed by atoms with van der Waals surface area (Å²) in [4.78, 5) is 0. The Hall–Kier alpha value is -0.340. The molecular formula is C10H21NO. The molecule has 0 saturated carbocycles. The molecule has 0 aliphatic carbocycles. The minimum Gasteiger partial charge on any atom is -0.377 e. The molecule has 2 N–H and O–H groups in total. The number of nitrogens with two attached hydrogens (primary N) is 1. The molecular weight excluding hydrogens is 150 g/mol. The fourth-order valence-electron chi connectivity index (χ4n) is 0.995. The smallest absolute Gasteiger partial charge is 0.0720 e. The Morgan fingerprint density at radius 2 is 2.17 bits per heavy atom. The van der Waals surface area contributed by atoms with Gasteiger partial charge in [0.1, 0.15) is 0 Å². The normalized spacial score (nSPS) is 13.3. The van der Waals surface area contributed by atoms with Crippen molar-refractivity contribution >= 4 is 0 Å². The summed E-state index contributed by atoms with van der Waals surface area (Å²) in [7, 11) is 0. The average molecular weight is 171 g/mol. The molecule has 0 aromatic heterocycles. The third-order valence-corrected chi connectivity index (χ3v) is 1.86. The predicted molar refractivity (Wildman–Crippen MR) is 53.1 cm³/mol. The highest BCUT2D eigenvalue weighted by atomic mass is 16.5. The maximum absolute atomic E-state index is 5.58. The van der Waals surface area contributed by atoms with Gasteiger partial charge < -0.3 is 10.5 Å². The van der Waals surface area contributed by atoms with E-state index >= 15 is 0 Å². The fourth-order valence-corrected chi connectivity index (χ4v) is 0.995. The minimum atomic E-state index is 0.217. The molecule has 12 heavy (non-hydrogen) atoms. The third-order valence-electron chi connectivity index (χ3n) is 1.86. The van der Waals surface area contributed by atoms with Crippen LogP contribution < -0.4 is 5.73 Å². The first-order valence-corrected chi connectivity index (χ1v) is 4.65. The van der Waals surface area contributed by atoms with E-state index in [9.17, 15) is 0 Å². The summed E-state index contributed by atoms with van der Waals surface area (Å²) >= 11 is 0. The van der Waals surface area contributed by atoms with Gasteiger partial charge >= 0.3 is 0 Å². The Labute approximate surface area is 75.8 Å². The number of hydrogen-bond donors (Lipinski definition) is 1. The first-order valence-electron chi connectivity index (χ1n) is 4.65. The monoisotopic (exact) mass is 171 g/mol. The Morgan fingerprint density at radius 3 is 2.58 bits per heavy atom. The third kappa shape index (κ3) is 5.33. The van der Waals surface area contributed by atoms with Crippen LogP contribution >= 0.6 is 0 Å². The number of allylic oxidation sites excluding steroid dienone is 1. The molecule has 0 aromatic carbocycles. The van der Waals surface area contributed by atoms with Gasteiger partial charge in [-0.05, 0) is 18.8 Å². The number of ether oxygens (including phenoxy) is 1. The van der Waals surface area contributed by atoms with Gasteiger partial charge in [0.15, 0.2) is 0 Å². The topological polar surface area (TPSA) is 35.2 Å². The second kappa shape index (κ2) is 7.32. The van der Waals surface area contributed by atoms with Crippen molar-refractivity contribution in [3.63, 3.8) is 0 Å². The van der Waals surface area contributed by atoms with Crippen LogP contribution in [-0.4, -0.2) is 19.3 Å². The van der Waals surface area contributed by atoms with Gasteiger partial charge in [0.25, 0.3) is 0 Å². The molecule has 0 spiro atoms. The molecule has 0 aliphatic rings. The van der Waals surface area contributed by atoms with Crippen LogP contribution in [0.15, 0.2) is 12.7 Å². The molecule has 2 nitrogen and oxygen atoms in total. The van der Waals surface area contributed by atoms with Gasteiger partial charge in [-0.1, -0.05) is 19.9 Å². The zero-order chi connectivity index (χ0) is 9.40. The van der Waals surface area contributed by atoms with Crippen LogP contribution in [0.3, 0.4) is 0 Å². The van der Waals surface area contributed by atoms with Gasteiger partial charge in [0.2, 0.25) is 0 Å². The Morgan fingerprint density at radius 1 is 1.50 bits per heavy atom. The maximum atomic E-state index is 5.58. The van der Waals surface area contributed by atoms with E-state index in [2.05, 4.69) is 20.4 Å². The van der Waals surface area contributed by atoms with E-state index < -0.39 is 0 Å². The SMILES string of the molecule is C=CCCCOC(CN)C(C)C. The lowest BCUT2D eigenvalue weighted by Gasteiger charge is -2.19. The van der Waals surface area contributed by atoms with Crippen molar-refractivity contribution in [1.29, 1.82) is 0 Å². The van der Waals surface area contributed by atoms with Gasteiger partial charge in [0, 0.05) is 13.2 Å². The lowest BCUT2D eigenvalue weighted by molar-refractivity contribution is 0.0277. The second-order valence-electron chi connectivity index (χ2n) is 3.32. The molecule has 1 unspecified atom stereocenters. The van der Waals surface area contributed by atoms with Crippen molar-refractivity contribution in [2.75, 3.05) is 13.2 Å². The Balaban J connectivity index is 3.38. The van der Waals surface area contributed by atoms with Gasteiger partial charge in [-0.15, -0.1) is 6.58 Å². The summed E-state index contributed by atoms with van der Waals surface area (Å²) < 4.78 is 5.58. The summed E-state index contributed by atoms with van der Waals surface area (Å²) in [5.41, 5.74) is 5.54. The second-order valence-corrected chi connectivity index (χ2v) is 3.32. The molecule has 72 valence electrons. The van der Waals surface area contributed by atoms with Crippen LogP contribution in [-0.2, 0) is 4.74 Å². The molecule has 0 aliphatic heterocycles. The predicted octanol–water partition coefficient (Wildman–Crippen LogP) is 1.95. The lowest BCUT2D eigenvalue weighted by atomic mass is 10.1. The van der Waals surface area contributed by atoms with Gasteiger partial charge in [-0.3, -0.25) is 0 Å². The van der Waals surface area contributed by atoms with Crippen LogP contribution in [0.2, 0.25) is 0 Å². The highest BCUT2D eigenvalue weighted by molar-refractivity contribution is 4.66. The van der Waals surface area contributed by atoms with Crippen LogP contribution in [0, 0.1) is 5.92 Å². The van der Waals surface area contributed by atoms with E-state index in [0.717, 1.165) is 19.4 Å². The van der Waals surface area contributed by atoms with E-state index in [0.29, 0.717) is 12.5 Å². The lowest BCUT2D eigenvalue weighted by Crippen LogP contribution is -2.29. The number of rotatable bonds is 7. The zero-order valence-corrected chi connectivity index (χ0v) is 8.25. The van der Waals surface area contributed by atoms with Crippen LogP contribution in [0.5, 0.6) is 0 Å². The molecule has 0 amide bonds. The quantitative estimate of drug-likeness (QED) is 0.469. The van der Waals surface area contributed by atoms with Crippen molar-refractivity contribution < 1.29 is 4.74 Å². The van der Waals surface area contributed by atoms with Gasteiger partial charge in [0.05, 0.1) is 6.10 Å². The van der Waals surface area contributed by atoms with Crippen LogP contribution in [0.1, 0.15) is 26.7 Å². The van der Waals surface area contributed by atoms with E-state index in [-0.39, 0.29) is 6.10 Å². The molecule has 0 bridgehead atoms. The summed E-state index contributed by atoms with van der Waals surface area (Å²) in [6.45, 7) is 9.33. The van der Waals surface area contributed by atoms with Crippen molar-refractivity contribution in [2.24, 2.45) is 11.7 Å². The largest absolute Gasteiger partial charge is 0.377 e. The molecule has 0 rings (SSSR count). The molecule has 0 heterocycles. The van der Waals surface area contributed by atoms with Crippen molar-refractivity contribution in [2.45, 2.75) is 32.8 Å². The summed E-state index contributed by atoms with van der Waals surface area (Å²) in [6.07, 6.45) is 4.20. The molecule has 0 saturated heterocycles. The van der Waals surface area contributed by atoms with Crippen LogP contribution in [0.25, 0.3) is 0 Å². The van der Waals surface area contributed by atoms with E-state index in [4.69, 9.17) is 10.5 Å². The van der Waals surface area contributed by atoms with Gasteiger partial charge in [-0.2, -0.15) is 0 Å². The molecule has 1 atom stereocenters. The van der Waals surface area contributed by atoms with Crippen LogP contribution in [0.4, 0.5) is 0 Å². The zero-order valence-electron chi connectivity index (χ0n) is 8.25. The van der Waals surface area contributed by atoms with Crippen molar-refractivity contribution in [3.05, 3.63) is 12.7 Å². The summed E-state index contributed by atoms with van der Waals surface area (Å²) in [6, 6.07) is 0. The van der Waals surface area contributed by atoms with Gasteiger partial charge in [-0.25, -0.2) is 0 Å². The molecule has 0 radical (unpaired) electrons.